The molecule has 0 saturated carbocycles. The van der Waals surface area contributed by atoms with Crippen LogP contribution in [-0.4, -0.2) is 33.1 Å². The van der Waals surface area contributed by atoms with Gasteiger partial charge < -0.3 is 14.4 Å². The summed E-state index contributed by atoms with van der Waals surface area (Å²) in [5, 5.41) is 0.689. The summed E-state index contributed by atoms with van der Waals surface area (Å²) in [5.74, 6) is -0.0498. The van der Waals surface area contributed by atoms with Crippen LogP contribution in [0.25, 0.3) is 0 Å². The van der Waals surface area contributed by atoms with Crippen LogP contribution in [0, 0.1) is 0 Å². The van der Waals surface area contributed by atoms with Gasteiger partial charge >= 0.3 is 0 Å². The molecule has 1 aliphatic rings. The zero-order valence-corrected chi connectivity index (χ0v) is 10.6. The van der Waals surface area contributed by atoms with Gasteiger partial charge in [-0.2, -0.15) is 0 Å². The Morgan fingerprint density at radius 1 is 1.59 bits per heavy atom. The highest BCUT2D eigenvalue weighted by Gasteiger charge is 2.27. The Hall–Kier alpha value is -1.06. The average molecular weight is 254 g/mol. The summed E-state index contributed by atoms with van der Waals surface area (Å²) in [4.78, 5) is 13.3. The molecule has 2 rings (SSSR count). The number of ether oxygens (including phenoxy) is 1. The first-order valence-corrected chi connectivity index (χ1v) is 6.12. The second-order valence-electron chi connectivity index (χ2n) is 4.24. The van der Waals surface area contributed by atoms with Crippen molar-refractivity contribution in [3.05, 3.63) is 28.8 Å². The van der Waals surface area contributed by atoms with Crippen LogP contribution in [0.5, 0.6) is 0 Å². The van der Waals surface area contributed by atoms with Crippen molar-refractivity contribution in [2.45, 2.75) is 12.3 Å². The van der Waals surface area contributed by atoms with Crippen molar-refractivity contribution in [3.8, 4) is 0 Å². The number of methoxy groups -OCH3 is 1. The molecule has 0 fully saturated rings. The number of benzene rings is 1. The average Bonchev–Trinajstić information content (AvgIpc) is 2.67. The smallest absolute Gasteiger partial charge is 0.129 e. The molecule has 0 N–H and O–H groups in total. The summed E-state index contributed by atoms with van der Waals surface area (Å²) in [6.45, 7) is 2.40. The summed E-state index contributed by atoms with van der Waals surface area (Å²) >= 11 is 5.97. The fourth-order valence-electron chi connectivity index (χ4n) is 2.27. The van der Waals surface area contributed by atoms with Gasteiger partial charge in [0.25, 0.3) is 0 Å². The van der Waals surface area contributed by atoms with Gasteiger partial charge in [-0.25, -0.2) is 0 Å². The first-order valence-electron chi connectivity index (χ1n) is 5.75. The molecule has 3 nitrogen and oxygen atoms in total. The van der Waals surface area contributed by atoms with E-state index in [4.69, 9.17) is 16.3 Å². The molecule has 0 aromatic heterocycles. The molecule has 1 atom stereocenters. The van der Waals surface area contributed by atoms with E-state index in [1.807, 2.05) is 18.2 Å². The van der Waals surface area contributed by atoms with Crippen LogP contribution in [-0.2, 0) is 9.53 Å². The number of aldehydes is 1. The third kappa shape index (κ3) is 2.61. The molecule has 0 saturated heterocycles. The molecule has 17 heavy (non-hydrogen) atoms. The molecule has 1 aromatic rings. The van der Waals surface area contributed by atoms with E-state index in [9.17, 15) is 4.79 Å². The van der Waals surface area contributed by atoms with Gasteiger partial charge in [0.05, 0.1) is 5.92 Å². The SMILES string of the molecule is COCCCN1CC(C=O)c2cc(Cl)ccc21. The Morgan fingerprint density at radius 2 is 2.41 bits per heavy atom. The zero-order chi connectivity index (χ0) is 12.3. The lowest BCUT2D eigenvalue weighted by atomic mass is 10.0. The van der Waals surface area contributed by atoms with Crippen molar-refractivity contribution in [2.75, 3.05) is 31.7 Å². The van der Waals surface area contributed by atoms with E-state index in [1.165, 1.54) is 0 Å². The minimum Gasteiger partial charge on any atom is -0.385 e. The quantitative estimate of drug-likeness (QED) is 0.596. The van der Waals surface area contributed by atoms with Gasteiger partial charge in [0.15, 0.2) is 0 Å². The van der Waals surface area contributed by atoms with E-state index in [0.29, 0.717) is 5.02 Å². The van der Waals surface area contributed by atoms with Crippen molar-refractivity contribution in [3.63, 3.8) is 0 Å². The van der Waals surface area contributed by atoms with Crippen molar-refractivity contribution >= 4 is 23.6 Å². The molecular formula is C13H16ClNO2. The number of fused-ring (bicyclic) bond motifs is 1. The minimum absolute atomic E-state index is 0.0498. The van der Waals surface area contributed by atoms with Gasteiger partial charge in [0.2, 0.25) is 0 Å². The summed E-state index contributed by atoms with van der Waals surface area (Å²) in [6.07, 6.45) is 1.97. The van der Waals surface area contributed by atoms with Crippen molar-refractivity contribution in [2.24, 2.45) is 0 Å². The van der Waals surface area contributed by atoms with E-state index >= 15 is 0 Å². The second kappa shape index (κ2) is 5.52. The van der Waals surface area contributed by atoms with Crippen molar-refractivity contribution < 1.29 is 9.53 Å². The fraction of sp³-hybridized carbons (Fsp3) is 0.462. The summed E-state index contributed by atoms with van der Waals surface area (Å²) in [7, 11) is 1.70. The highest BCUT2D eigenvalue weighted by atomic mass is 35.5. The predicted molar refractivity (Wildman–Crippen MR) is 69.0 cm³/mol. The number of carbonyl (C=O) groups excluding carboxylic acids is 1. The normalized spacial score (nSPS) is 18.2. The molecule has 1 aromatic carbocycles. The van der Waals surface area contributed by atoms with E-state index < -0.39 is 0 Å². The first-order chi connectivity index (χ1) is 8.26. The predicted octanol–water partition coefficient (Wildman–Crippen LogP) is 2.48. The maximum absolute atomic E-state index is 11.1. The number of carbonyl (C=O) groups is 1. The lowest BCUT2D eigenvalue weighted by Gasteiger charge is -2.19. The highest BCUT2D eigenvalue weighted by Crippen LogP contribution is 2.36. The molecule has 4 heteroatoms. The lowest BCUT2D eigenvalue weighted by molar-refractivity contribution is -0.108. The molecule has 1 aliphatic heterocycles. The fourth-order valence-corrected chi connectivity index (χ4v) is 2.45. The Balaban J connectivity index is 2.16. The van der Waals surface area contributed by atoms with E-state index in [0.717, 1.165) is 43.7 Å². The van der Waals surface area contributed by atoms with Gasteiger partial charge in [-0.3, -0.25) is 0 Å². The Bertz CT molecular complexity index is 408. The zero-order valence-electron chi connectivity index (χ0n) is 9.86. The highest BCUT2D eigenvalue weighted by molar-refractivity contribution is 6.30. The van der Waals surface area contributed by atoms with E-state index in [-0.39, 0.29) is 5.92 Å². The first kappa shape index (κ1) is 12.4. The van der Waals surface area contributed by atoms with E-state index in [2.05, 4.69) is 4.90 Å². The largest absolute Gasteiger partial charge is 0.385 e. The van der Waals surface area contributed by atoms with Gasteiger partial charge in [0.1, 0.15) is 6.29 Å². The number of hydrogen-bond acceptors (Lipinski definition) is 3. The van der Waals surface area contributed by atoms with Crippen LogP contribution in [0.3, 0.4) is 0 Å². The number of hydrogen-bond donors (Lipinski definition) is 0. The van der Waals surface area contributed by atoms with Crippen LogP contribution >= 0.6 is 11.6 Å². The summed E-state index contributed by atoms with van der Waals surface area (Å²) in [6, 6.07) is 5.76. The Labute approximate surface area is 106 Å². The molecule has 0 aliphatic carbocycles. The number of anilines is 1. The van der Waals surface area contributed by atoms with E-state index in [1.54, 1.807) is 7.11 Å². The molecule has 0 bridgehead atoms. The molecule has 92 valence electrons. The second-order valence-corrected chi connectivity index (χ2v) is 4.67. The minimum atomic E-state index is -0.0498. The van der Waals surface area contributed by atoms with Crippen LogP contribution in [0.15, 0.2) is 18.2 Å². The maximum Gasteiger partial charge on any atom is 0.129 e. The molecule has 0 amide bonds. The standard InChI is InChI=1S/C13H16ClNO2/c1-17-6-2-5-15-8-10(9-16)12-7-11(14)3-4-13(12)15/h3-4,7,9-10H,2,5-6,8H2,1H3. The number of halogens is 1. The Morgan fingerprint density at radius 3 is 3.12 bits per heavy atom. The molecular weight excluding hydrogens is 238 g/mol. The lowest BCUT2D eigenvalue weighted by Crippen LogP contribution is -2.24. The monoisotopic (exact) mass is 253 g/mol. The van der Waals surface area contributed by atoms with Crippen LogP contribution in [0.4, 0.5) is 5.69 Å². The molecule has 0 spiro atoms. The molecule has 1 unspecified atom stereocenters. The van der Waals surface area contributed by atoms with Crippen LogP contribution in [0.1, 0.15) is 17.9 Å². The molecule has 1 heterocycles. The topological polar surface area (TPSA) is 29.5 Å². The van der Waals surface area contributed by atoms with Crippen LogP contribution in [0.2, 0.25) is 5.02 Å². The summed E-state index contributed by atoms with van der Waals surface area (Å²) < 4.78 is 5.04. The number of nitrogens with zero attached hydrogens (tertiary/aromatic N) is 1. The third-order valence-corrected chi connectivity index (χ3v) is 3.32. The van der Waals surface area contributed by atoms with Gasteiger partial charge in [0, 0.05) is 37.5 Å². The van der Waals surface area contributed by atoms with Crippen LogP contribution < -0.4 is 4.90 Å². The number of rotatable bonds is 5. The van der Waals surface area contributed by atoms with Gasteiger partial charge in [-0.1, -0.05) is 11.6 Å². The summed E-state index contributed by atoms with van der Waals surface area (Å²) in [5.41, 5.74) is 2.17. The van der Waals surface area contributed by atoms with Gasteiger partial charge in [-0.15, -0.1) is 0 Å². The Kier molecular flexibility index (Phi) is 4.02. The molecule has 0 radical (unpaired) electrons. The third-order valence-electron chi connectivity index (χ3n) is 3.09. The maximum atomic E-state index is 11.1. The van der Waals surface area contributed by atoms with Crippen molar-refractivity contribution in [1.29, 1.82) is 0 Å². The van der Waals surface area contributed by atoms with Crippen molar-refractivity contribution in [1.82, 2.24) is 0 Å². The van der Waals surface area contributed by atoms with Gasteiger partial charge in [-0.05, 0) is 30.2 Å².